The van der Waals surface area contributed by atoms with E-state index in [1.165, 1.54) is 55.2 Å². The Morgan fingerprint density at radius 2 is 1.53 bits per heavy atom. The summed E-state index contributed by atoms with van der Waals surface area (Å²) in [6.45, 7) is 23.5. The summed E-state index contributed by atoms with van der Waals surface area (Å²) in [4.78, 5) is 4.80. The van der Waals surface area contributed by atoms with E-state index >= 15 is 0 Å². The predicted octanol–water partition coefficient (Wildman–Crippen LogP) is 8.94. The maximum atomic E-state index is 5.85. The molecule has 0 spiro atoms. The quantitative estimate of drug-likeness (QED) is 0.283. The Balaban J connectivity index is 0.000000426. The highest BCUT2D eigenvalue weighted by Gasteiger charge is 2.37. The zero-order valence-electron chi connectivity index (χ0n) is 25.6. The standard InChI is InChI=1S/C22H33N.C11H26N2/c1-8-9-10-20(23-16(2)3)17-11-12-18-19(15-17)22(6,7)14-13-21(18,4)5;1-4-7-11(8-5-2)13-9-10(12)6-3/h10-12,15H,8-9,13-14H2,1-7H3;10-11,13H,4-9,12H2,1-3H3/b20-10-;. The normalized spacial score (nSPS) is 17.2. The number of rotatable bonds is 12. The van der Waals surface area contributed by atoms with Crippen molar-refractivity contribution < 1.29 is 0 Å². The van der Waals surface area contributed by atoms with Gasteiger partial charge in [-0.05, 0) is 80.4 Å². The third-order valence-electron chi connectivity index (χ3n) is 7.59. The average molecular weight is 498 g/mol. The highest BCUT2D eigenvalue weighted by molar-refractivity contribution is 5.86. The lowest BCUT2D eigenvalue weighted by Crippen LogP contribution is -2.39. The lowest BCUT2D eigenvalue weighted by atomic mass is 9.63. The van der Waals surface area contributed by atoms with Crippen molar-refractivity contribution in [3.05, 3.63) is 41.0 Å². The molecule has 1 unspecified atom stereocenters. The highest BCUT2D eigenvalue weighted by Crippen LogP contribution is 2.46. The first-order valence-electron chi connectivity index (χ1n) is 14.8. The Labute approximate surface area is 224 Å². The van der Waals surface area contributed by atoms with Gasteiger partial charge in [0.15, 0.2) is 0 Å². The van der Waals surface area contributed by atoms with E-state index in [1.807, 2.05) is 0 Å². The zero-order valence-corrected chi connectivity index (χ0v) is 25.6. The number of nitrogens with two attached hydrogens (primary N) is 1. The van der Waals surface area contributed by atoms with E-state index in [9.17, 15) is 0 Å². The van der Waals surface area contributed by atoms with Crippen molar-refractivity contribution in [2.45, 2.75) is 150 Å². The molecule has 1 atom stereocenters. The number of benzene rings is 1. The van der Waals surface area contributed by atoms with Crippen LogP contribution in [0.15, 0.2) is 29.3 Å². The van der Waals surface area contributed by atoms with Crippen molar-refractivity contribution in [2.75, 3.05) is 6.54 Å². The van der Waals surface area contributed by atoms with Crippen LogP contribution in [0.5, 0.6) is 0 Å². The molecule has 3 nitrogen and oxygen atoms in total. The van der Waals surface area contributed by atoms with Gasteiger partial charge in [-0.25, -0.2) is 0 Å². The lowest BCUT2D eigenvalue weighted by molar-refractivity contribution is 0.332. The first-order chi connectivity index (χ1) is 16.9. The van der Waals surface area contributed by atoms with E-state index in [0.717, 1.165) is 37.2 Å². The Morgan fingerprint density at radius 3 is 2.03 bits per heavy atom. The second-order valence-corrected chi connectivity index (χ2v) is 12.3. The van der Waals surface area contributed by atoms with Gasteiger partial charge in [-0.15, -0.1) is 0 Å². The van der Waals surface area contributed by atoms with Crippen LogP contribution >= 0.6 is 0 Å². The largest absolute Gasteiger partial charge is 0.327 e. The fourth-order valence-corrected chi connectivity index (χ4v) is 5.01. The molecule has 0 heterocycles. The van der Waals surface area contributed by atoms with Crippen molar-refractivity contribution in [1.29, 1.82) is 0 Å². The van der Waals surface area contributed by atoms with Crippen LogP contribution in [0.2, 0.25) is 0 Å². The Hall–Kier alpha value is -1.45. The highest BCUT2D eigenvalue weighted by atomic mass is 14.9. The number of aliphatic imine (C=N–C) groups is 1. The van der Waals surface area contributed by atoms with E-state index in [0.29, 0.717) is 12.1 Å². The van der Waals surface area contributed by atoms with Crippen LogP contribution in [0.3, 0.4) is 0 Å². The molecule has 2 rings (SSSR count). The molecule has 0 aromatic heterocycles. The zero-order chi connectivity index (χ0) is 27.4. The van der Waals surface area contributed by atoms with Gasteiger partial charge in [0, 0.05) is 29.9 Å². The minimum Gasteiger partial charge on any atom is -0.327 e. The molecule has 1 aromatic rings. The molecule has 1 aliphatic carbocycles. The van der Waals surface area contributed by atoms with Gasteiger partial charge >= 0.3 is 0 Å². The topological polar surface area (TPSA) is 50.4 Å². The monoisotopic (exact) mass is 497 g/mol. The van der Waals surface area contributed by atoms with Gasteiger partial charge in [-0.1, -0.05) is 92.9 Å². The van der Waals surface area contributed by atoms with Gasteiger partial charge in [0.2, 0.25) is 0 Å². The minimum absolute atomic E-state index is 0.252. The number of fused-ring (bicyclic) bond motifs is 1. The first kappa shape index (κ1) is 32.6. The maximum absolute atomic E-state index is 5.85. The van der Waals surface area contributed by atoms with Crippen molar-refractivity contribution in [2.24, 2.45) is 10.7 Å². The molecule has 3 heteroatoms. The number of nitrogens with zero attached hydrogens (tertiary/aromatic N) is 1. The van der Waals surface area contributed by atoms with Gasteiger partial charge in [0.1, 0.15) is 0 Å². The molecule has 36 heavy (non-hydrogen) atoms. The maximum Gasteiger partial charge on any atom is 0.0661 e. The van der Waals surface area contributed by atoms with Crippen LogP contribution in [0, 0.1) is 0 Å². The minimum atomic E-state index is 0.252. The molecule has 1 aliphatic rings. The number of unbranched alkanes of at least 4 members (excludes halogenated alkanes) is 1. The summed E-state index contributed by atoms with van der Waals surface area (Å²) < 4.78 is 0. The van der Waals surface area contributed by atoms with Crippen molar-refractivity contribution in [3.63, 3.8) is 0 Å². The summed E-state index contributed by atoms with van der Waals surface area (Å²) in [6.07, 6.45) is 13.2. The number of hydrogen-bond acceptors (Lipinski definition) is 3. The molecule has 0 radical (unpaired) electrons. The van der Waals surface area contributed by atoms with Crippen LogP contribution in [0.25, 0.3) is 5.70 Å². The molecular formula is C33H59N3. The summed E-state index contributed by atoms with van der Waals surface area (Å²) in [5.74, 6) is 0. The second-order valence-electron chi connectivity index (χ2n) is 12.3. The summed E-state index contributed by atoms with van der Waals surface area (Å²) in [5, 5.41) is 3.55. The summed E-state index contributed by atoms with van der Waals surface area (Å²) in [7, 11) is 0. The van der Waals surface area contributed by atoms with Crippen molar-refractivity contribution in [1.82, 2.24) is 5.32 Å². The molecule has 0 saturated carbocycles. The Morgan fingerprint density at radius 1 is 0.944 bits per heavy atom. The van der Waals surface area contributed by atoms with E-state index in [1.54, 1.807) is 0 Å². The molecule has 0 bridgehead atoms. The molecule has 0 saturated heterocycles. The number of hydrogen-bond donors (Lipinski definition) is 2. The summed E-state index contributed by atoms with van der Waals surface area (Å²) in [6, 6.07) is 8.05. The van der Waals surface area contributed by atoms with Crippen molar-refractivity contribution >= 4 is 11.4 Å². The Bertz CT molecular complexity index is 821. The molecule has 0 aliphatic heterocycles. The van der Waals surface area contributed by atoms with Crippen LogP contribution < -0.4 is 11.1 Å². The third kappa shape index (κ3) is 10.5. The molecule has 0 fully saturated rings. The van der Waals surface area contributed by atoms with Crippen LogP contribution in [0.4, 0.5) is 0 Å². The average Bonchev–Trinajstić information content (AvgIpc) is 2.83. The third-order valence-corrected chi connectivity index (χ3v) is 7.59. The van der Waals surface area contributed by atoms with Crippen LogP contribution in [0.1, 0.15) is 144 Å². The predicted molar refractivity (Wildman–Crippen MR) is 163 cm³/mol. The fourth-order valence-electron chi connectivity index (χ4n) is 5.01. The van der Waals surface area contributed by atoms with E-state index in [4.69, 9.17) is 10.7 Å². The van der Waals surface area contributed by atoms with Gasteiger partial charge in [-0.3, -0.25) is 4.99 Å². The van der Waals surface area contributed by atoms with E-state index in [-0.39, 0.29) is 10.8 Å². The van der Waals surface area contributed by atoms with Gasteiger partial charge in [0.05, 0.1) is 5.70 Å². The smallest absolute Gasteiger partial charge is 0.0661 e. The summed E-state index contributed by atoms with van der Waals surface area (Å²) >= 11 is 0. The number of allylic oxidation sites excluding steroid dienone is 1. The molecule has 0 amide bonds. The number of nitrogens with one attached hydrogen (secondary N) is 1. The summed E-state index contributed by atoms with van der Waals surface area (Å²) in [5.41, 5.74) is 12.9. The van der Waals surface area contributed by atoms with Gasteiger partial charge in [0.25, 0.3) is 0 Å². The molecule has 1 aromatic carbocycles. The van der Waals surface area contributed by atoms with E-state index in [2.05, 4.69) is 98.8 Å². The Kier molecular flexibility index (Phi) is 14.2. The first-order valence-corrected chi connectivity index (χ1v) is 14.8. The van der Waals surface area contributed by atoms with Gasteiger partial charge in [-0.2, -0.15) is 0 Å². The fraction of sp³-hybridized carbons (Fsp3) is 0.727. The van der Waals surface area contributed by atoms with E-state index < -0.39 is 0 Å². The van der Waals surface area contributed by atoms with Crippen molar-refractivity contribution in [3.8, 4) is 0 Å². The molecule has 3 N–H and O–H groups in total. The molecular weight excluding hydrogens is 438 g/mol. The van der Waals surface area contributed by atoms with Gasteiger partial charge < -0.3 is 11.1 Å². The second kappa shape index (κ2) is 15.7. The van der Waals surface area contributed by atoms with Crippen LogP contribution in [-0.4, -0.2) is 24.3 Å². The SMILES string of the molecule is CCC/C=C(\N=C(C)C)c1ccc2c(c1)C(C)(C)CCC2(C)C.CCCC(CCC)NCC(N)CC. The molecule has 206 valence electrons. The van der Waals surface area contributed by atoms with Crippen LogP contribution in [-0.2, 0) is 10.8 Å². The lowest BCUT2D eigenvalue weighted by Gasteiger charge is -2.42.